The molecule has 0 aromatic heterocycles. The van der Waals surface area contributed by atoms with Crippen molar-refractivity contribution in [1.82, 2.24) is 5.32 Å². The van der Waals surface area contributed by atoms with Crippen LogP contribution in [0.25, 0.3) is 0 Å². The van der Waals surface area contributed by atoms with Gasteiger partial charge in [-0.2, -0.15) is 0 Å². The highest BCUT2D eigenvalue weighted by molar-refractivity contribution is 5.76. The number of hydrogen-bond donors (Lipinski definition) is 2. The topological polar surface area (TPSA) is 55.1 Å². The highest BCUT2D eigenvalue weighted by Crippen LogP contribution is 2.27. The van der Waals surface area contributed by atoms with Crippen molar-refractivity contribution in [3.63, 3.8) is 0 Å². The van der Waals surface area contributed by atoms with E-state index in [0.717, 1.165) is 17.7 Å². The van der Waals surface area contributed by atoms with E-state index in [9.17, 15) is 4.79 Å². The van der Waals surface area contributed by atoms with Crippen molar-refractivity contribution in [2.24, 2.45) is 5.92 Å². The van der Waals surface area contributed by atoms with Crippen molar-refractivity contribution >= 4 is 11.6 Å². The van der Waals surface area contributed by atoms with Crippen LogP contribution >= 0.6 is 0 Å². The van der Waals surface area contributed by atoms with Crippen molar-refractivity contribution in [1.29, 1.82) is 0 Å². The lowest BCUT2D eigenvalue weighted by Gasteiger charge is -2.20. The molecule has 0 saturated heterocycles. The minimum Gasteiger partial charge on any atom is -0.399 e. The molecule has 0 radical (unpaired) electrons. The maximum atomic E-state index is 11.9. The van der Waals surface area contributed by atoms with Crippen LogP contribution < -0.4 is 11.1 Å². The van der Waals surface area contributed by atoms with Gasteiger partial charge >= 0.3 is 0 Å². The molecule has 0 spiro atoms. The first-order valence-electron chi connectivity index (χ1n) is 7.29. The Hall–Kier alpha value is -1.51. The largest absolute Gasteiger partial charge is 0.399 e. The molecule has 0 aliphatic heterocycles. The molecule has 104 valence electrons. The highest BCUT2D eigenvalue weighted by Gasteiger charge is 2.22. The molecule has 0 bridgehead atoms. The van der Waals surface area contributed by atoms with E-state index in [0.29, 0.717) is 18.4 Å². The molecule has 1 saturated carbocycles. The van der Waals surface area contributed by atoms with Crippen LogP contribution in [-0.2, 0) is 11.2 Å². The normalized spacial score (nSPS) is 17.3. The molecule has 19 heavy (non-hydrogen) atoms. The van der Waals surface area contributed by atoms with Crippen molar-refractivity contribution < 1.29 is 4.79 Å². The average Bonchev–Trinajstić information content (AvgIpc) is 2.92. The summed E-state index contributed by atoms with van der Waals surface area (Å²) in [7, 11) is 0. The van der Waals surface area contributed by atoms with Gasteiger partial charge in [-0.1, -0.05) is 25.0 Å². The summed E-state index contributed by atoms with van der Waals surface area (Å²) in [4.78, 5) is 11.9. The fourth-order valence-electron chi connectivity index (χ4n) is 2.84. The third-order valence-corrected chi connectivity index (χ3v) is 4.12. The molecule has 1 aliphatic carbocycles. The van der Waals surface area contributed by atoms with Gasteiger partial charge in [0, 0.05) is 18.2 Å². The van der Waals surface area contributed by atoms with Crippen LogP contribution in [0.15, 0.2) is 24.3 Å². The van der Waals surface area contributed by atoms with Gasteiger partial charge in [0.25, 0.3) is 0 Å². The number of aryl methyl sites for hydroxylation is 1. The second-order valence-corrected chi connectivity index (χ2v) is 5.64. The van der Waals surface area contributed by atoms with E-state index in [1.165, 1.54) is 25.7 Å². The van der Waals surface area contributed by atoms with Gasteiger partial charge in [-0.05, 0) is 49.8 Å². The van der Waals surface area contributed by atoms with Gasteiger partial charge in [0.2, 0.25) is 5.91 Å². The number of nitrogen functional groups attached to an aromatic ring is 1. The van der Waals surface area contributed by atoms with Gasteiger partial charge < -0.3 is 11.1 Å². The first-order valence-corrected chi connectivity index (χ1v) is 7.29. The van der Waals surface area contributed by atoms with Crippen LogP contribution in [0.3, 0.4) is 0 Å². The predicted molar refractivity (Wildman–Crippen MR) is 78.7 cm³/mol. The molecule has 0 unspecified atom stereocenters. The van der Waals surface area contributed by atoms with E-state index in [-0.39, 0.29) is 5.91 Å². The summed E-state index contributed by atoms with van der Waals surface area (Å²) in [6.45, 7) is 2.14. The molecular formula is C16H24N2O. The number of hydrogen-bond acceptors (Lipinski definition) is 2. The standard InChI is InChI=1S/C16H24N2O/c1-12(14-4-2-3-5-14)18-16(19)11-8-13-6-9-15(17)10-7-13/h6-7,9-10,12,14H,2-5,8,11,17H2,1H3,(H,18,19)/t12-/m1/s1. The fourth-order valence-corrected chi connectivity index (χ4v) is 2.84. The Morgan fingerprint density at radius 2 is 1.95 bits per heavy atom. The third kappa shape index (κ3) is 4.27. The van der Waals surface area contributed by atoms with Crippen LogP contribution in [0.5, 0.6) is 0 Å². The first kappa shape index (κ1) is 13.9. The van der Waals surface area contributed by atoms with Crippen LogP contribution in [0, 0.1) is 5.92 Å². The monoisotopic (exact) mass is 260 g/mol. The van der Waals surface area contributed by atoms with Crippen molar-refractivity contribution in [2.75, 3.05) is 5.73 Å². The zero-order valence-electron chi connectivity index (χ0n) is 11.7. The zero-order chi connectivity index (χ0) is 13.7. The molecule has 3 nitrogen and oxygen atoms in total. The number of anilines is 1. The summed E-state index contributed by atoms with van der Waals surface area (Å²) in [5, 5.41) is 3.14. The lowest BCUT2D eigenvalue weighted by molar-refractivity contribution is -0.122. The Morgan fingerprint density at radius 3 is 2.58 bits per heavy atom. The number of benzene rings is 1. The Bertz CT molecular complexity index is 407. The first-order chi connectivity index (χ1) is 9.15. The molecule has 3 N–H and O–H groups in total. The van der Waals surface area contributed by atoms with Crippen LogP contribution in [0.4, 0.5) is 5.69 Å². The van der Waals surface area contributed by atoms with Gasteiger partial charge in [0.05, 0.1) is 0 Å². The Kier molecular flexibility index (Phi) is 4.83. The van der Waals surface area contributed by atoms with Gasteiger partial charge in [0.1, 0.15) is 0 Å². The molecule has 1 aliphatic rings. The number of carbonyl (C=O) groups is 1. The van der Waals surface area contributed by atoms with Gasteiger partial charge in [-0.15, -0.1) is 0 Å². The summed E-state index contributed by atoms with van der Waals surface area (Å²) < 4.78 is 0. The average molecular weight is 260 g/mol. The summed E-state index contributed by atoms with van der Waals surface area (Å²) in [5.74, 6) is 0.844. The molecule has 1 aromatic rings. The second kappa shape index (κ2) is 6.60. The maximum absolute atomic E-state index is 11.9. The molecule has 1 fully saturated rings. The molecule has 1 aromatic carbocycles. The van der Waals surface area contributed by atoms with E-state index >= 15 is 0 Å². The Balaban J connectivity index is 1.73. The quantitative estimate of drug-likeness (QED) is 0.800. The predicted octanol–water partition coefficient (Wildman–Crippen LogP) is 2.90. The zero-order valence-corrected chi connectivity index (χ0v) is 11.7. The summed E-state index contributed by atoms with van der Waals surface area (Å²) in [5.41, 5.74) is 7.57. The van der Waals surface area contributed by atoms with Gasteiger partial charge in [-0.3, -0.25) is 4.79 Å². The van der Waals surface area contributed by atoms with Crippen LogP contribution in [0.1, 0.15) is 44.6 Å². The molecule has 0 heterocycles. The molecule has 3 heteroatoms. The van der Waals surface area contributed by atoms with Crippen LogP contribution in [0.2, 0.25) is 0 Å². The number of nitrogens with two attached hydrogens (primary N) is 1. The molecule has 1 amide bonds. The van der Waals surface area contributed by atoms with Crippen molar-refractivity contribution in [3.05, 3.63) is 29.8 Å². The fraction of sp³-hybridized carbons (Fsp3) is 0.562. The van der Waals surface area contributed by atoms with E-state index < -0.39 is 0 Å². The summed E-state index contributed by atoms with van der Waals surface area (Å²) >= 11 is 0. The summed E-state index contributed by atoms with van der Waals surface area (Å²) in [6.07, 6.45) is 6.50. The lowest BCUT2D eigenvalue weighted by Crippen LogP contribution is -2.37. The Morgan fingerprint density at radius 1 is 1.32 bits per heavy atom. The van der Waals surface area contributed by atoms with Crippen molar-refractivity contribution in [3.8, 4) is 0 Å². The minimum atomic E-state index is 0.163. The number of amides is 1. The van der Waals surface area contributed by atoms with E-state index in [1.54, 1.807) is 0 Å². The number of nitrogens with one attached hydrogen (secondary N) is 1. The van der Waals surface area contributed by atoms with Gasteiger partial charge in [0.15, 0.2) is 0 Å². The maximum Gasteiger partial charge on any atom is 0.220 e. The van der Waals surface area contributed by atoms with Crippen LogP contribution in [-0.4, -0.2) is 11.9 Å². The second-order valence-electron chi connectivity index (χ2n) is 5.64. The van der Waals surface area contributed by atoms with Gasteiger partial charge in [-0.25, -0.2) is 0 Å². The van der Waals surface area contributed by atoms with E-state index in [2.05, 4.69) is 12.2 Å². The SMILES string of the molecule is C[C@@H](NC(=O)CCc1ccc(N)cc1)C1CCCC1. The number of carbonyl (C=O) groups excluding carboxylic acids is 1. The lowest BCUT2D eigenvalue weighted by atomic mass is 9.99. The molecule has 1 atom stereocenters. The molecular weight excluding hydrogens is 236 g/mol. The van der Waals surface area contributed by atoms with E-state index in [4.69, 9.17) is 5.73 Å². The third-order valence-electron chi connectivity index (χ3n) is 4.12. The Labute approximate surface area is 115 Å². The minimum absolute atomic E-state index is 0.163. The number of rotatable bonds is 5. The van der Waals surface area contributed by atoms with E-state index in [1.807, 2.05) is 24.3 Å². The van der Waals surface area contributed by atoms with Crippen molar-refractivity contribution in [2.45, 2.75) is 51.5 Å². The molecule has 2 rings (SSSR count). The highest BCUT2D eigenvalue weighted by atomic mass is 16.1. The summed E-state index contributed by atoms with van der Waals surface area (Å²) in [6, 6.07) is 8.07. The smallest absolute Gasteiger partial charge is 0.220 e.